The van der Waals surface area contributed by atoms with Gasteiger partial charge in [0.1, 0.15) is 0 Å². The summed E-state index contributed by atoms with van der Waals surface area (Å²) < 4.78 is 29.2. The molecule has 0 aromatic heterocycles. The first-order valence-electron chi connectivity index (χ1n) is 14.6. The number of aryl methyl sites for hydroxylation is 2. The lowest BCUT2D eigenvalue weighted by Gasteiger charge is -2.19. The fraction of sp³-hybridized carbons (Fsp3) is 0.382. The summed E-state index contributed by atoms with van der Waals surface area (Å²) in [5.41, 5.74) is 2.67. The number of hydrogen-bond acceptors (Lipinski definition) is 7. The lowest BCUT2D eigenvalue weighted by molar-refractivity contribution is -0.133. The normalized spacial score (nSPS) is 10.7. The van der Waals surface area contributed by atoms with Crippen molar-refractivity contribution in [2.45, 2.75) is 73.1 Å². The van der Waals surface area contributed by atoms with Crippen molar-refractivity contribution < 1.29 is 32.9 Å². The molecule has 8 heteroatoms. The summed E-state index contributed by atoms with van der Waals surface area (Å²) in [6.45, 7) is 10.6. The van der Waals surface area contributed by atoms with Gasteiger partial charge in [0.2, 0.25) is 0 Å². The standard InChI is InChI=1S/C18H21O3P.C16H22O4/c1-4-5-18(19)21-22(20,16-10-6-14(2)7-11-16)17-12-8-15(3)9-13-17;1-3-5-11-19-15(17)13-9-7-8-10-14(13)16(18)20-12-6-4-2/h6-13H,4-5H2,1-3H3;7-10H,3-6,11-12H2,1-2H3. The zero-order valence-corrected chi connectivity index (χ0v) is 26.3. The molecular formula is C34H43O7P. The minimum absolute atomic E-state index is 0.266. The lowest BCUT2D eigenvalue weighted by atomic mass is 10.1. The number of unbranched alkanes of at least 4 members (excludes halogenated alkanes) is 2. The molecule has 0 unspecified atom stereocenters. The Morgan fingerprint density at radius 2 is 1.02 bits per heavy atom. The van der Waals surface area contributed by atoms with E-state index in [0.29, 0.717) is 30.2 Å². The number of hydrogen-bond donors (Lipinski definition) is 0. The van der Waals surface area contributed by atoms with Crippen LogP contribution in [0.25, 0.3) is 0 Å². The van der Waals surface area contributed by atoms with Crippen LogP contribution in [-0.4, -0.2) is 31.1 Å². The molecule has 7 nitrogen and oxygen atoms in total. The van der Waals surface area contributed by atoms with Gasteiger partial charge in [-0.15, -0.1) is 0 Å². The Hall–Kier alpha value is -3.70. The van der Waals surface area contributed by atoms with Gasteiger partial charge >= 0.3 is 25.3 Å². The molecule has 226 valence electrons. The predicted molar refractivity (Wildman–Crippen MR) is 167 cm³/mol. The fourth-order valence-electron chi connectivity index (χ4n) is 3.74. The highest BCUT2D eigenvalue weighted by Crippen LogP contribution is 2.45. The second-order valence-corrected chi connectivity index (χ2v) is 12.3. The molecular weight excluding hydrogens is 551 g/mol. The van der Waals surface area contributed by atoms with Crippen molar-refractivity contribution in [3.63, 3.8) is 0 Å². The van der Waals surface area contributed by atoms with Crippen LogP contribution in [0.1, 0.15) is 91.1 Å². The summed E-state index contributed by atoms with van der Waals surface area (Å²) in [7, 11) is -3.40. The first-order chi connectivity index (χ1) is 20.2. The van der Waals surface area contributed by atoms with E-state index in [-0.39, 0.29) is 17.5 Å². The number of benzene rings is 3. The van der Waals surface area contributed by atoms with Gasteiger partial charge in [0, 0.05) is 6.42 Å². The Kier molecular flexibility index (Phi) is 14.8. The van der Waals surface area contributed by atoms with Crippen molar-refractivity contribution in [3.8, 4) is 0 Å². The van der Waals surface area contributed by atoms with E-state index in [9.17, 15) is 18.9 Å². The molecule has 0 radical (unpaired) electrons. The summed E-state index contributed by atoms with van der Waals surface area (Å²) in [6, 6.07) is 21.2. The van der Waals surface area contributed by atoms with Crippen LogP contribution in [-0.2, 0) is 23.4 Å². The average molecular weight is 595 g/mol. The molecule has 0 atom stereocenters. The third-order valence-corrected chi connectivity index (χ3v) is 8.68. The highest BCUT2D eigenvalue weighted by molar-refractivity contribution is 7.74. The monoisotopic (exact) mass is 594 g/mol. The second-order valence-electron chi connectivity index (χ2n) is 9.96. The van der Waals surface area contributed by atoms with Crippen molar-refractivity contribution in [1.29, 1.82) is 0 Å². The topological polar surface area (TPSA) is 96.0 Å². The van der Waals surface area contributed by atoms with Crippen molar-refractivity contribution in [3.05, 3.63) is 95.1 Å². The maximum absolute atomic E-state index is 13.5. The molecule has 3 rings (SSSR count). The van der Waals surface area contributed by atoms with Gasteiger partial charge in [0.15, 0.2) is 0 Å². The molecule has 42 heavy (non-hydrogen) atoms. The third-order valence-electron chi connectivity index (χ3n) is 6.26. The Morgan fingerprint density at radius 3 is 1.38 bits per heavy atom. The maximum Gasteiger partial charge on any atom is 0.339 e. The van der Waals surface area contributed by atoms with Gasteiger partial charge in [-0.1, -0.05) is 81.1 Å². The largest absolute Gasteiger partial charge is 0.462 e. The zero-order chi connectivity index (χ0) is 31.0. The number of esters is 2. The Morgan fingerprint density at radius 1 is 0.619 bits per heavy atom. The third kappa shape index (κ3) is 10.6. The highest BCUT2D eigenvalue weighted by atomic mass is 31.2. The SMILES string of the molecule is CCCC(=O)OP(=O)(c1ccc(C)cc1)c1ccc(C)cc1.CCCCOC(=O)c1ccccc1C(=O)OCCCC. The first-order valence-corrected chi connectivity index (χ1v) is 16.2. The Bertz CT molecular complexity index is 1240. The van der Waals surface area contributed by atoms with E-state index >= 15 is 0 Å². The van der Waals surface area contributed by atoms with Gasteiger partial charge in [0.05, 0.1) is 34.9 Å². The fourth-order valence-corrected chi connectivity index (χ4v) is 5.71. The molecule has 0 saturated heterocycles. The van der Waals surface area contributed by atoms with E-state index in [1.54, 1.807) is 48.5 Å². The Balaban J connectivity index is 0.000000295. The zero-order valence-electron chi connectivity index (χ0n) is 25.4. The molecule has 3 aromatic carbocycles. The van der Waals surface area contributed by atoms with Crippen molar-refractivity contribution in [1.82, 2.24) is 0 Å². The Labute approximate surface area is 250 Å². The minimum atomic E-state index is -3.40. The molecule has 0 amide bonds. The van der Waals surface area contributed by atoms with E-state index < -0.39 is 25.3 Å². The van der Waals surface area contributed by atoms with Gasteiger partial charge in [-0.3, -0.25) is 9.36 Å². The van der Waals surface area contributed by atoms with Crippen LogP contribution in [0.4, 0.5) is 0 Å². The van der Waals surface area contributed by atoms with Gasteiger partial charge in [0.25, 0.3) is 0 Å². The minimum Gasteiger partial charge on any atom is -0.462 e. The van der Waals surface area contributed by atoms with Crippen LogP contribution in [0.3, 0.4) is 0 Å². The molecule has 0 heterocycles. The molecule has 0 aliphatic heterocycles. The summed E-state index contributed by atoms with van der Waals surface area (Å²) in [5, 5.41) is 1.10. The smallest absolute Gasteiger partial charge is 0.339 e. The molecule has 0 bridgehead atoms. The molecule has 0 spiro atoms. The second kappa shape index (κ2) is 18.0. The summed E-state index contributed by atoms with van der Waals surface area (Å²) >= 11 is 0. The van der Waals surface area contributed by atoms with Gasteiger partial charge in [-0.25, -0.2) is 9.59 Å². The number of rotatable bonds is 13. The maximum atomic E-state index is 13.5. The number of carbonyl (C=O) groups is 3. The van der Waals surface area contributed by atoms with Crippen molar-refractivity contribution >= 4 is 35.9 Å². The summed E-state index contributed by atoms with van der Waals surface area (Å²) in [6.07, 6.45) is 4.47. The van der Waals surface area contributed by atoms with Crippen molar-refractivity contribution in [2.75, 3.05) is 13.2 Å². The predicted octanol–water partition coefficient (Wildman–Crippen LogP) is 7.48. The number of carbonyl (C=O) groups excluding carboxylic acids is 3. The van der Waals surface area contributed by atoms with E-state index in [4.69, 9.17) is 14.0 Å². The van der Waals surface area contributed by atoms with E-state index in [0.717, 1.165) is 36.8 Å². The number of ether oxygens (including phenoxy) is 2. The molecule has 0 saturated carbocycles. The lowest BCUT2D eigenvalue weighted by Crippen LogP contribution is -2.20. The van der Waals surface area contributed by atoms with Gasteiger partial charge in [-0.2, -0.15) is 0 Å². The molecule has 0 N–H and O–H groups in total. The first kappa shape index (κ1) is 34.5. The molecule has 0 aliphatic rings. The van der Waals surface area contributed by atoms with Gasteiger partial charge < -0.3 is 14.0 Å². The van der Waals surface area contributed by atoms with Crippen LogP contribution >= 0.6 is 7.37 Å². The van der Waals surface area contributed by atoms with E-state index in [1.165, 1.54) is 0 Å². The van der Waals surface area contributed by atoms with E-state index in [1.807, 2.05) is 58.9 Å². The van der Waals surface area contributed by atoms with Crippen LogP contribution in [0.2, 0.25) is 0 Å². The highest BCUT2D eigenvalue weighted by Gasteiger charge is 2.32. The molecule has 3 aromatic rings. The van der Waals surface area contributed by atoms with Crippen molar-refractivity contribution in [2.24, 2.45) is 0 Å². The molecule has 0 fully saturated rings. The van der Waals surface area contributed by atoms with Crippen LogP contribution < -0.4 is 10.6 Å². The average Bonchev–Trinajstić information content (AvgIpc) is 2.98. The summed E-state index contributed by atoms with van der Waals surface area (Å²) in [4.78, 5) is 35.8. The van der Waals surface area contributed by atoms with E-state index in [2.05, 4.69) is 0 Å². The quantitative estimate of drug-likeness (QED) is 0.115. The van der Waals surface area contributed by atoms with Gasteiger partial charge in [-0.05, 0) is 69.5 Å². The van der Waals surface area contributed by atoms with Crippen LogP contribution in [0.5, 0.6) is 0 Å². The van der Waals surface area contributed by atoms with Crippen LogP contribution in [0, 0.1) is 13.8 Å². The molecule has 0 aliphatic carbocycles. The summed E-state index contributed by atoms with van der Waals surface area (Å²) in [5.74, 6) is -1.37. The van der Waals surface area contributed by atoms with Crippen LogP contribution in [0.15, 0.2) is 72.8 Å².